The summed E-state index contributed by atoms with van der Waals surface area (Å²) in [5.74, 6) is 0.608. The minimum Gasteiger partial charge on any atom is -0.494 e. The van der Waals surface area contributed by atoms with Crippen LogP contribution in [0.4, 0.5) is 0 Å². The molecule has 0 bridgehead atoms. The third kappa shape index (κ3) is 5.06. The maximum Gasteiger partial charge on any atom is 0.296 e. The van der Waals surface area contributed by atoms with E-state index in [0.29, 0.717) is 30.3 Å². The maximum atomic E-state index is 13.8. The molecule has 9 nitrogen and oxygen atoms in total. The molecule has 10 heteroatoms. The predicted octanol–water partition coefficient (Wildman–Crippen LogP) is 5.07. The molecule has 0 aliphatic heterocycles. The number of methoxy groups -OCH3 is 2. The van der Waals surface area contributed by atoms with E-state index in [1.165, 1.54) is 30.9 Å². The summed E-state index contributed by atoms with van der Waals surface area (Å²) in [6.07, 6.45) is 5.88. The first-order valence-electron chi connectivity index (χ1n) is 13.2. The smallest absolute Gasteiger partial charge is 0.296 e. The average Bonchev–Trinajstić information content (AvgIpc) is 3.81. The Morgan fingerprint density at radius 1 is 0.975 bits per heavy atom. The molecule has 1 aliphatic rings. The average molecular weight is 562 g/mol. The lowest BCUT2D eigenvalue weighted by molar-refractivity contribution is 0.374. The summed E-state index contributed by atoms with van der Waals surface area (Å²) < 4.78 is 39.8. The summed E-state index contributed by atoms with van der Waals surface area (Å²) in [6.45, 7) is 1.98. The number of hydrogen-bond donors (Lipinski definition) is 1. The topological polar surface area (TPSA) is 121 Å². The number of hydrogen-bond acceptors (Lipinski definition) is 8. The molecule has 0 unspecified atom stereocenters. The van der Waals surface area contributed by atoms with Crippen LogP contribution in [0.2, 0.25) is 0 Å². The minimum atomic E-state index is -4.46. The molecular formula is C30H31N3O6S. The van der Waals surface area contributed by atoms with Crippen molar-refractivity contribution in [3.05, 3.63) is 82.7 Å². The lowest BCUT2D eigenvalue weighted by atomic mass is 10.1. The molecule has 2 aromatic heterocycles. The molecule has 1 saturated carbocycles. The first kappa shape index (κ1) is 27.4. The number of unbranched alkanes of at least 4 members (excludes halogenated alkanes) is 1. The number of sulfone groups is 1. The number of rotatable bonds is 10. The van der Waals surface area contributed by atoms with Crippen LogP contribution in [0.5, 0.6) is 17.4 Å². The van der Waals surface area contributed by atoms with Gasteiger partial charge in [-0.2, -0.15) is 4.98 Å². The molecule has 4 aromatic rings. The lowest BCUT2D eigenvalue weighted by Gasteiger charge is -2.21. The first-order valence-corrected chi connectivity index (χ1v) is 14.7. The molecule has 0 atom stereocenters. The number of aromatic nitrogens is 3. The first-order chi connectivity index (χ1) is 19.3. The molecule has 0 amide bonds. The molecule has 1 fully saturated rings. The van der Waals surface area contributed by atoms with Gasteiger partial charge < -0.3 is 14.6 Å². The van der Waals surface area contributed by atoms with Crippen molar-refractivity contribution in [2.24, 2.45) is 0 Å². The van der Waals surface area contributed by atoms with Crippen molar-refractivity contribution in [2.75, 3.05) is 14.2 Å². The van der Waals surface area contributed by atoms with E-state index in [-0.39, 0.29) is 16.4 Å². The molecule has 0 saturated heterocycles. The maximum absolute atomic E-state index is 13.8. The predicted molar refractivity (Wildman–Crippen MR) is 150 cm³/mol. The Hall–Kier alpha value is -4.18. The SMILES string of the molecule is CCCCc1nc(=O)c(S(=O)(=O)c2ccc(-c3ccc(C4CC4)nc3)cc2)c(O)n1-c1c(OC)cccc1OC. The van der Waals surface area contributed by atoms with Crippen molar-refractivity contribution in [3.63, 3.8) is 0 Å². The van der Waals surface area contributed by atoms with E-state index in [1.807, 2.05) is 19.1 Å². The zero-order valence-corrected chi connectivity index (χ0v) is 23.4. The third-order valence-electron chi connectivity index (χ3n) is 7.03. The molecule has 0 radical (unpaired) electrons. The normalized spacial score (nSPS) is 13.3. The fourth-order valence-electron chi connectivity index (χ4n) is 4.70. The van der Waals surface area contributed by atoms with Gasteiger partial charge in [0.2, 0.25) is 15.7 Å². The highest BCUT2D eigenvalue weighted by Gasteiger charge is 2.32. The Bertz CT molecular complexity index is 1670. The van der Waals surface area contributed by atoms with E-state index in [1.54, 1.807) is 36.5 Å². The molecular weight excluding hydrogens is 530 g/mol. The van der Waals surface area contributed by atoms with Crippen LogP contribution in [0, 0.1) is 0 Å². The molecule has 2 heterocycles. The van der Waals surface area contributed by atoms with Gasteiger partial charge in [-0.05, 0) is 55.2 Å². The van der Waals surface area contributed by atoms with Crippen LogP contribution in [-0.2, 0) is 16.3 Å². The second kappa shape index (κ2) is 11.1. The Morgan fingerprint density at radius 3 is 2.17 bits per heavy atom. The summed E-state index contributed by atoms with van der Waals surface area (Å²) in [5, 5.41) is 11.5. The minimum absolute atomic E-state index is 0.146. The Labute approximate surface area is 233 Å². The number of aromatic hydroxyl groups is 1. The zero-order chi connectivity index (χ0) is 28.4. The van der Waals surface area contributed by atoms with E-state index in [2.05, 4.69) is 9.97 Å². The Kier molecular flexibility index (Phi) is 7.62. The van der Waals surface area contributed by atoms with Crippen LogP contribution < -0.4 is 15.0 Å². The molecule has 2 aromatic carbocycles. The number of aryl methyl sites for hydroxylation is 1. The molecule has 5 rings (SSSR count). The number of pyridine rings is 1. The highest BCUT2D eigenvalue weighted by molar-refractivity contribution is 7.91. The van der Waals surface area contributed by atoms with Crippen LogP contribution >= 0.6 is 0 Å². The van der Waals surface area contributed by atoms with Gasteiger partial charge in [0, 0.05) is 29.8 Å². The number of para-hydroxylation sites is 1. The van der Waals surface area contributed by atoms with Crippen molar-refractivity contribution < 1.29 is 23.0 Å². The van der Waals surface area contributed by atoms with E-state index >= 15 is 0 Å². The van der Waals surface area contributed by atoms with Gasteiger partial charge >= 0.3 is 0 Å². The van der Waals surface area contributed by atoms with Crippen LogP contribution in [0.25, 0.3) is 16.8 Å². The monoisotopic (exact) mass is 561 g/mol. The molecule has 0 spiro atoms. The zero-order valence-electron chi connectivity index (χ0n) is 22.6. The van der Waals surface area contributed by atoms with Gasteiger partial charge in [-0.25, -0.2) is 8.42 Å². The fourth-order valence-corrected chi connectivity index (χ4v) is 6.04. The Morgan fingerprint density at radius 2 is 1.62 bits per heavy atom. The van der Waals surface area contributed by atoms with Crippen LogP contribution in [0.15, 0.2) is 75.4 Å². The fraction of sp³-hybridized carbons (Fsp3) is 0.300. The van der Waals surface area contributed by atoms with E-state index in [9.17, 15) is 18.3 Å². The van der Waals surface area contributed by atoms with Gasteiger partial charge in [0.15, 0.2) is 4.90 Å². The molecule has 1 N–H and O–H groups in total. The number of ether oxygens (including phenoxy) is 2. The van der Waals surface area contributed by atoms with Crippen molar-refractivity contribution in [2.45, 2.75) is 54.7 Å². The van der Waals surface area contributed by atoms with Crippen molar-refractivity contribution >= 4 is 9.84 Å². The van der Waals surface area contributed by atoms with Gasteiger partial charge in [-0.1, -0.05) is 37.6 Å². The van der Waals surface area contributed by atoms with Crippen molar-refractivity contribution in [1.82, 2.24) is 14.5 Å². The molecule has 208 valence electrons. The van der Waals surface area contributed by atoms with Crippen LogP contribution in [-0.4, -0.2) is 42.3 Å². The summed E-state index contributed by atoms with van der Waals surface area (Å²) in [5.41, 5.74) is 1.91. The van der Waals surface area contributed by atoms with E-state index < -0.39 is 26.2 Å². The van der Waals surface area contributed by atoms with Gasteiger partial charge in [-0.15, -0.1) is 0 Å². The quantitative estimate of drug-likeness (QED) is 0.285. The second-order valence-electron chi connectivity index (χ2n) is 9.71. The van der Waals surface area contributed by atoms with Gasteiger partial charge in [-0.3, -0.25) is 14.3 Å². The van der Waals surface area contributed by atoms with Gasteiger partial charge in [0.1, 0.15) is 23.0 Å². The van der Waals surface area contributed by atoms with Gasteiger partial charge in [0.25, 0.3) is 5.56 Å². The van der Waals surface area contributed by atoms with E-state index in [4.69, 9.17) is 9.47 Å². The largest absolute Gasteiger partial charge is 0.494 e. The van der Waals surface area contributed by atoms with Gasteiger partial charge in [0.05, 0.1) is 19.1 Å². The highest BCUT2D eigenvalue weighted by Crippen LogP contribution is 2.40. The summed E-state index contributed by atoms with van der Waals surface area (Å²) >= 11 is 0. The lowest BCUT2D eigenvalue weighted by Crippen LogP contribution is -2.25. The summed E-state index contributed by atoms with van der Waals surface area (Å²) in [4.78, 5) is 20.9. The standard InChI is InChI=1S/C30H31N3O6S/c1-4-5-9-26-32-29(34)28(30(35)33(26)27-24(38-2)7-6-8-25(27)39-3)40(36,37)22-15-12-19(13-16-22)21-14-17-23(31-18-21)20-10-11-20/h6-8,12-18,20,35H,4-5,9-11H2,1-3H3. The summed E-state index contributed by atoms with van der Waals surface area (Å²) in [7, 11) is -1.56. The molecule has 1 aliphatic carbocycles. The van der Waals surface area contributed by atoms with E-state index in [0.717, 1.165) is 36.1 Å². The molecule has 40 heavy (non-hydrogen) atoms. The van der Waals surface area contributed by atoms with Crippen LogP contribution in [0.1, 0.15) is 50.0 Å². The highest BCUT2D eigenvalue weighted by atomic mass is 32.2. The second-order valence-corrected chi connectivity index (χ2v) is 11.6. The summed E-state index contributed by atoms with van der Waals surface area (Å²) in [6, 6.07) is 15.1. The number of benzene rings is 2. The Balaban J connectivity index is 1.61. The third-order valence-corrected chi connectivity index (χ3v) is 8.81. The number of nitrogens with zero attached hydrogens (tertiary/aromatic N) is 3. The van der Waals surface area contributed by atoms with Crippen LogP contribution in [0.3, 0.4) is 0 Å². The van der Waals surface area contributed by atoms with Crippen molar-refractivity contribution in [3.8, 4) is 34.2 Å². The van der Waals surface area contributed by atoms with Crippen molar-refractivity contribution in [1.29, 1.82) is 0 Å².